The van der Waals surface area contributed by atoms with E-state index in [9.17, 15) is 0 Å². The third-order valence-corrected chi connectivity index (χ3v) is 2.59. The monoisotopic (exact) mass is 157 g/mol. The van der Waals surface area contributed by atoms with Gasteiger partial charge in [0, 0.05) is 13.1 Å². The second-order valence-corrected chi connectivity index (χ2v) is 3.37. The molecule has 0 aliphatic carbocycles. The van der Waals surface area contributed by atoms with Gasteiger partial charge < -0.3 is 4.90 Å². The second-order valence-electron chi connectivity index (χ2n) is 3.37. The highest BCUT2D eigenvalue weighted by Crippen LogP contribution is 2.11. The van der Waals surface area contributed by atoms with Crippen LogP contribution in [-0.4, -0.2) is 50.2 Å². The van der Waals surface area contributed by atoms with Gasteiger partial charge in [0.05, 0.1) is 0 Å². The zero-order valence-electron chi connectivity index (χ0n) is 7.80. The molecule has 1 fully saturated rings. The summed E-state index contributed by atoms with van der Waals surface area (Å²) in [7, 11) is 6.30. The highest BCUT2D eigenvalue weighted by Gasteiger charge is 2.18. The van der Waals surface area contributed by atoms with Crippen LogP contribution in [0.1, 0.15) is 12.8 Å². The van der Waals surface area contributed by atoms with Crippen LogP contribution in [0.25, 0.3) is 0 Å². The van der Waals surface area contributed by atoms with E-state index in [-0.39, 0.29) is 0 Å². The number of rotatable bonds is 2. The fraction of sp³-hybridized carbons (Fsp3) is 1.00. The molecule has 66 valence electrons. The van der Waals surface area contributed by atoms with Gasteiger partial charge in [0.2, 0.25) is 0 Å². The number of hydrazine groups is 1. The van der Waals surface area contributed by atoms with E-state index < -0.39 is 0 Å². The van der Waals surface area contributed by atoms with Crippen molar-refractivity contribution in [1.82, 2.24) is 15.3 Å². The van der Waals surface area contributed by atoms with Gasteiger partial charge in [0.1, 0.15) is 0 Å². The van der Waals surface area contributed by atoms with Crippen molar-refractivity contribution in [1.29, 1.82) is 0 Å². The molecule has 0 spiro atoms. The first kappa shape index (κ1) is 8.97. The lowest BCUT2D eigenvalue weighted by Crippen LogP contribution is -2.46. The van der Waals surface area contributed by atoms with Crippen molar-refractivity contribution in [2.24, 2.45) is 0 Å². The fourth-order valence-electron chi connectivity index (χ4n) is 1.56. The van der Waals surface area contributed by atoms with Crippen LogP contribution >= 0.6 is 0 Å². The van der Waals surface area contributed by atoms with E-state index >= 15 is 0 Å². The van der Waals surface area contributed by atoms with E-state index in [1.165, 1.54) is 25.9 Å². The normalized spacial score (nSPS) is 22.9. The topological polar surface area (TPSA) is 18.5 Å². The Hall–Kier alpha value is -0.120. The molecule has 0 amide bonds. The molecule has 0 unspecified atom stereocenters. The molecule has 0 bridgehead atoms. The SMILES string of the molecule is CNN(C)C1CCN(C)CC1. The maximum absolute atomic E-state index is 3.16. The molecular weight excluding hydrogens is 138 g/mol. The summed E-state index contributed by atoms with van der Waals surface area (Å²) >= 11 is 0. The molecule has 0 saturated carbocycles. The lowest BCUT2D eigenvalue weighted by atomic mass is 10.1. The fourth-order valence-corrected chi connectivity index (χ4v) is 1.56. The Morgan fingerprint density at radius 1 is 1.36 bits per heavy atom. The van der Waals surface area contributed by atoms with Crippen molar-refractivity contribution in [3.8, 4) is 0 Å². The summed E-state index contributed by atoms with van der Waals surface area (Å²) in [6.45, 7) is 2.47. The Morgan fingerprint density at radius 3 is 2.36 bits per heavy atom. The van der Waals surface area contributed by atoms with Crippen molar-refractivity contribution in [3.05, 3.63) is 0 Å². The first-order valence-electron chi connectivity index (χ1n) is 4.33. The minimum absolute atomic E-state index is 0.733. The molecule has 11 heavy (non-hydrogen) atoms. The number of hydrogen-bond donors (Lipinski definition) is 1. The van der Waals surface area contributed by atoms with E-state index in [0.717, 1.165) is 6.04 Å². The minimum Gasteiger partial charge on any atom is -0.306 e. The average Bonchev–Trinajstić information content (AvgIpc) is 2.05. The van der Waals surface area contributed by atoms with Crippen LogP contribution in [0, 0.1) is 0 Å². The van der Waals surface area contributed by atoms with E-state index in [4.69, 9.17) is 0 Å². The van der Waals surface area contributed by atoms with Crippen LogP contribution in [0.5, 0.6) is 0 Å². The van der Waals surface area contributed by atoms with Crippen molar-refractivity contribution < 1.29 is 0 Å². The highest BCUT2D eigenvalue weighted by atomic mass is 15.5. The van der Waals surface area contributed by atoms with Gasteiger partial charge in [0.15, 0.2) is 0 Å². The highest BCUT2D eigenvalue weighted by molar-refractivity contribution is 4.74. The molecular formula is C8H19N3. The van der Waals surface area contributed by atoms with Crippen molar-refractivity contribution in [2.45, 2.75) is 18.9 Å². The maximum Gasteiger partial charge on any atom is 0.0264 e. The zero-order chi connectivity index (χ0) is 8.27. The molecule has 0 aromatic rings. The molecule has 1 rings (SSSR count). The molecule has 0 radical (unpaired) electrons. The molecule has 1 aliphatic heterocycles. The predicted molar refractivity (Wildman–Crippen MR) is 47.3 cm³/mol. The summed E-state index contributed by atoms with van der Waals surface area (Å²) in [5.41, 5.74) is 3.16. The number of nitrogens with one attached hydrogen (secondary N) is 1. The summed E-state index contributed by atoms with van der Waals surface area (Å²) in [6, 6.07) is 0.733. The third-order valence-electron chi connectivity index (χ3n) is 2.59. The number of nitrogens with zero attached hydrogens (tertiary/aromatic N) is 2. The van der Waals surface area contributed by atoms with Crippen LogP contribution in [-0.2, 0) is 0 Å². The van der Waals surface area contributed by atoms with Crippen molar-refractivity contribution in [2.75, 3.05) is 34.2 Å². The standard InChI is InChI=1S/C8H19N3/c1-9-11(3)8-4-6-10(2)7-5-8/h8-9H,4-7H2,1-3H3. The van der Waals surface area contributed by atoms with Gasteiger partial charge in [0.25, 0.3) is 0 Å². The molecule has 0 aromatic carbocycles. The molecule has 1 aliphatic rings. The Labute approximate surface area is 69.3 Å². The summed E-state index contributed by atoms with van der Waals surface area (Å²) in [4.78, 5) is 2.39. The van der Waals surface area contributed by atoms with Crippen molar-refractivity contribution >= 4 is 0 Å². The smallest absolute Gasteiger partial charge is 0.0264 e. The zero-order valence-corrected chi connectivity index (χ0v) is 7.80. The summed E-state index contributed by atoms with van der Waals surface area (Å²) < 4.78 is 0. The number of piperidine rings is 1. The van der Waals surface area contributed by atoms with Gasteiger partial charge in [-0.2, -0.15) is 0 Å². The second kappa shape index (κ2) is 4.04. The first-order valence-corrected chi connectivity index (χ1v) is 4.33. The molecule has 3 heteroatoms. The summed E-state index contributed by atoms with van der Waals surface area (Å²) in [5.74, 6) is 0. The van der Waals surface area contributed by atoms with Crippen LogP contribution in [0.4, 0.5) is 0 Å². The van der Waals surface area contributed by atoms with E-state index in [2.05, 4.69) is 29.4 Å². The van der Waals surface area contributed by atoms with Gasteiger partial charge in [-0.1, -0.05) is 0 Å². The first-order chi connectivity index (χ1) is 5.24. The van der Waals surface area contributed by atoms with Gasteiger partial charge in [-0.05, 0) is 40.0 Å². The lowest BCUT2D eigenvalue weighted by molar-refractivity contribution is 0.110. The van der Waals surface area contributed by atoms with Crippen LogP contribution in [0.15, 0.2) is 0 Å². The average molecular weight is 157 g/mol. The van der Waals surface area contributed by atoms with Crippen molar-refractivity contribution in [3.63, 3.8) is 0 Å². The Bertz CT molecular complexity index is 108. The Morgan fingerprint density at radius 2 is 1.91 bits per heavy atom. The quantitative estimate of drug-likeness (QED) is 0.576. The van der Waals surface area contributed by atoms with Gasteiger partial charge in [-0.3, -0.25) is 5.43 Å². The van der Waals surface area contributed by atoms with Gasteiger partial charge in [-0.15, -0.1) is 0 Å². The summed E-state index contributed by atoms with van der Waals surface area (Å²) in [6.07, 6.45) is 2.57. The molecule has 0 aromatic heterocycles. The molecule has 1 N–H and O–H groups in total. The van der Waals surface area contributed by atoms with E-state index in [0.29, 0.717) is 0 Å². The Balaban J connectivity index is 2.27. The molecule has 0 atom stereocenters. The lowest BCUT2D eigenvalue weighted by Gasteiger charge is -2.34. The van der Waals surface area contributed by atoms with Crippen LogP contribution in [0.2, 0.25) is 0 Å². The largest absolute Gasteiger partial charge is 0.306 e. The predicted octanol–water partition coefficient (Wildman–Crippen LogP) is 0.147. The Kier molecular flexibility index (Phi) is 3.30. The number of likely N-dealkylation sites (tertiary alicyclic amines) is 1. The van der Waals surface area contributed by atoms with Gasteiger partial charge >= 0.3 is 0 Å². The van der Waals surface area contributed by atoms with Gasteiger partial charge in [-0.25, -0.2) is 5.01 Å². The van der Waals surface area contributed by atoms with Crippen LogP contribution < -0.4 is 5.43 Å². The minimum atomic E-state index is 0.733. The van der Waals surface area contributed by atoms with Crippen LogP contribution in [0.3, 0.4) is 0 Å². The summed E-state index contributed by atoms with van der Waals surface area (Å²) in [5, 5.41) is 2.22. The number of hydrogen-bond acceptors (Lipinski definition) is 3. The molecule has 1 saturated heterocycles. The molecule has 3 nitrogen and oxygen atoms in total. The van der Waals surface area contributed by atoms with E-state index in [1.54, 1.807) is 0 Å². The third kappa shape index (κ3) is 2.43. The maximum atomic E-state index is 3.16. The molecule has 1 heterocycles. The van der Waals surface area contributed by atoms with E-state index in [1.807, 2.05) is 7.05 Å².